The number of unbranched alkanes of at least 4 members (excludes halogenated alkanes) is 6. The van der Waals surface area contributed by atoms with Crippen LogP contribution in [0.3, 0.4) is 0 Å². The zero-order valence-electron chi connectivity index (χ0n) is 24.5. The molecule has 4 heteroatoms. The molecule has 0 rings (SSSR count). The van der Waals surface area contributed by atoms with Gasteiger partial charge in [0.15, 0.2) is 0 Å². The lowest BCUT2D eigenvalue weighted by atomic mass is 9.96. The lowest BCUT2D eigenvalue weighted by molar-refractivity contribution is 0.480. The Bertz CT molecular complexity index is 374. The Labute approximate surface area is 226 Å². The quantitative estimate of drug-likeness (QED) is 0.105. The van der Waals surface area contributed by atoms with Crippen molar-refractivity contribution in [1.82, 2.24) is 0 Å². The van der Waals surface area contributed by atoms with Crippen LogP contribution in [0.1, 0.15) is 157 Å². The van der Waals surface area contributed by atoms with Crippen LogP contribution in [0.4, 0.5) is 0 Å². The van der Waals surface area contributed by atoms with Crippen molar-refractivity contribution < 1.29 is 0 Å². The van der Waals surface area contributed by atoms with E-state index < -0.39 is 0 Å². The molecule has 0 aliphatic heterocycles. The van der Waals surface area contributed by atoms with Crippen molar-refractivity contribution >= 4 is 35.6 Å². The van der Waals surface area contributed by atoms with Crippen LogP contribution in [0, 0.1) is 0 Å². The van der Waals surface area contributed by atoms with Crippen molar-refractivity contribution in [3.63, 3.8) is 0 Å². The summed E-state index contributed by atoms with van der Waals surface area (Å²) in [7, 11) is 10.4. The van der Waals surface area contributed by atoms with E-state index in [0.717, 1.165) is 0 Å². The summed E-state index contributed by atoms with van der Waals surface area (Å²) < 4.78 is 0. The van der Waals surface area contributed by atoms with Crippen LogP contribution in [0.15, 0.2) is 0 Å². The Morgan fingerprint density at radius 1 is 0.382 bits per heavy atom. The smallest absolute Gasteiger partial charge is 0.0111 e. The number of hydrogen-bond acceptors (Lipinski definition) is 0. The summed E-state index contributed by atoms with van der Waals surface area (Å²) >= 11 is 0. The maximum absolute atomic E-state index is 3.45. The molecule has 0 fully saturated rings. The standard InChI is InChI=1S/C30H66P4/c1-7-13-19-28(31,20-14-8-2)25-34(26-29(32,21-15-9-3)22-16-10-4)27-30(33,23-17-11-5)24-18-12-6/h7-27,31-33H2,1-6H3. The van der Waals surface area contributed by atoms with Crippen molar-refractivity contribution in [2.45, 2.75) is 173 Å². The third-order valence-electron chi connectivity index (χ3n) is 7.78. The zero-order valence-corrected chi connectivity index (χ0v) is 28.9. The van der Waals surface area contributed by atoms with Gasteiger partial charge in [0.05, 0.1) is 0 Å². The topological polar surface area (TPSA) is 0 Å². The Morgan fingerprint density at radius 2 is 0.559 bits per heavy atom. The van der Waals surface area contributed by atoms with E-state index in [1.807, 2.05) is 0 Å². The predicted octanol–water partition coefficient (Wildman–Crippen LogP) is 11.5. The summed E-state index contributed by atoms with van der Waals surface area (Å²) in [5, 5.41) is 1.42. The van der Waals surface area contributed by atoms with Gasteiger partial charge in [-0.1, -0.05) is 119 Å². The lowest BCUT2D eigenvalue weighted by Crippen LogP contribution is -2.35. The van der Waals surface area contributed by atoms with E-state index in [2.05, 4.69) is 69.3 Å². The second-order valence-corrected chi connectivity index (χ2v) is 17.8. The van der Waals surface area contributed by atoms with E-state index in [1.165, 1.54) is 134 Å². The Hall–Kier alpha value is 1.72. The first kappa shape index (κ1) is 35.7. The van der Waals surface area contributed by atoms with E-state index >= 15 is 0 Å². The van der Waals surface area contributed by atoms with Gasteiger partial charge in [-0.25, -0.2) is 0 Å². The number of hydrogen-bond donors (Lipinski definition) is 0. The van der Waals surface area contributed by atoms with Gasteiger partial charge < -0.3 is 0 Å². The van der Waals surface area contributed by atoms with Crippen LogP contribution < -0.4 is 0 Å². The highest BCUT2D eigenvalue weighted by atomic mass is 31.1. The van der Waals surface area contributed by atoms with E-state index in [4.69, 9.17) is 0 Å². The van der Waals surface area contributed by atoms with Crippen LogP contribution in [-0.2, 0) is 0 Å². The average molecular weight is 551 g/mol. The molecule has 0 saturated carbocycles. The Kier molecular flexibility index (Phi) is 21.7. The van der Waals surface area contributed by atoms with Crippen LogP contribution in [0.5, 0.6) is 0 Å². The molecule has 0 aromatic rings. The zero-order chi connectivity index (χ0) is 25.9. The molecule has 0 bridgehead atoms. The maximum atomic E-state index is 3.45. The highest BCUT2D eigenvalue weighted by Crippen LogP contribution is 2.55. The molecule has 206 valence electrons. The molecule has 0 heterocycles. The van der Waals surface area contributed by atoms with E-state index in [9.17, 15) is 0 Å². The van der Waals surface area contributed by atoms with E-state index in [0.29, 0.717) is 15.5 Å². The third-order valence-corrected chi connectivity index (χ3v) is 14.4. The van der Waals surface area contributed by atoms with Gasteiger partial charge >= 0.3 is 0 Å². The molecule has 0 nitrogen and oxygen atoms in total. The summed E-state index contributed by atoms with van der Waals surface area (Å²) in [6.07, 6.45) is 29.3. The molecule has 3 unspecified atom stereocenters. The van der Waals surface area contributed by atoms with Crippen molar-refractivity contribution in [3.05, 3.63) is 0 Å². The summed E-state index contributed by atoms with van der Waals surface area (Å²) in [5.74, 6) is 0. The fraction of sp³-hybridized carbons (Fsp3) is 1.00. The van der Waals surface area contributed by atoms with Gasteiger partial charge in [0, 0.05) is 0 Å². The van der Waals surface area contributed by atoms with Crippen molar-refractivity contribution in [2.75, 3.05) is 18.5 Å². The molecule has 3 atom stereocenters. The largest absolute Gasteiger partial charge is 0.131 e. The highest BCUT2D eigenvalue weighted by molar-refractivity contribution is 7.59. The molecule has 0 aromatic carbocycles. The minimum Gasteiger partial charge on any atom is -0.131 e. The molecule has 0 saturated heterocycles. The fourth-order valence-electron chi connectivity index (χ4n) is 5.53. The van der Waals surface area contributed by atoms with Crippen LogP contribution in [0.25, 0.3) is 0 Å². The minimum absolute atomic E-state index is 0.0136. The van der Waals surface area contributed by atoms with Crippen molar-refractivity contribution in [1.29, 1.82) is 0 Å². The first-order chi connectivity index (χ1) is 16.1. The van der Waals surface area contributed by atoms with Crippen molar-refractivity contribution in [2.24, 2.45) is 0 Å². The van der Waals surface area contributed by atoms with E-state index in [-0.39, 0.29) is 7.92 Å². The molecular weight excluding hydrogens is 484 g/mol. The molecule has 0 aliphatic rings. The van der Waals surface area contributed by atoms with Gasteiger partial charge in [-0.3, -0.25) is 0 Å². The molecular formula is C30H66P4. The maximum Gasteiger partial charge on any atom is -0.0111 e. The minimum atomic E-state index is 0.0136. The second kappa shape index (κ2) is 20.7. The van der Waals surface area contributed by atoms with Gasteiger partial charge in [-0.05, 0) is 72.5 Å². The SMILES string of the molecule is CCCCC(P)(CCCC)CP(CC(P)(CCCC)CCCC)CC(P)(CCCC)CCCC. The normalized spacial score (nSPS) is 13.2. The molecule has 0 radical (unpaired) electrons. The molecule has 0 N–H and O–H groups in total. The molecule has 0 aromatic heterocycles. The van der Waals surface area contributed by atoms with Gasteiger partial charge in [0.25, 0.3) is 0 Å². The first-order valence-corrected chi connectivity index (χ1v) is 18.9. The summed E-state index contributed by atoms with van der Waals surface area (Å²) in [5.41, 5.74) is 0. The first-order valence-electron chi connectivity index (χ1n) is 15.2. The lowest BCUT2D eigenvalue weighted by Gasteiger charge is -2.43. The van der Waals surface area contributed by atoms with Gasteiger partial charge in [-0.2, -0.15) is 0 Å². The number of rotatable bonds is 24. The van der Waals surface area contributed by atoms with Gasteiger partial charge in [-0.15, -0.1) is 35.6 Å². The molecule has 0 amide bonds. The van der Waals surface area contributed by atoms with Crippen LogP contribution in [0.2, 0.25) is 0 Å². The predicted molar refractivity (Wildman–Crippen MR) is 176 cm³/mol. The highest BCUT2D eigenvalue weighted by Gasteiger charge is 2.36. The van der Waals surface area contributed by atoms with E-state index in [1.54, 1.807) is 0 Å². The molecule has 0 aliphatic carbocycles. The van der Waals surface area contributed by atoms with Crippen molar-refractivity contribution in [3.8, 4) is 0 Å². The van der Waals surface area contributed by atoms with Crippen LogP contribution in [-0.4, -0.2) is 34.0 Å². The third kappa shape index (κ3) is 16.5. The van der Waals surface area contributed by atoms with Gasteiger partial charge in [0.1, 0.15) is 0 Å². The monoisotopic (exact) mass is 550 g/mol. The fourth-order valence-corrected chi connectivity index (χ4v) is 13.0. The average Bonchev–Trinajstić information content (AvgIpc) is 2.81. The Balaban J connectivity index is 5.95. The molecule has 34 heavy (non-hydrogen) atoms. The summed E-state index contributed by atoms with van der Waals surface area (Å²) in [6, 6.07) is 0. The summed E-state index contributed by atoms with van der Waals surface area (Å²) in [4.78, 5) is 0. The van der Waals surface area contributed by atoms with Crippen LogP contribution >= 0.6 is 35.6 Å². The van der Waals surface area contributed by atoms with Gasteiger partial charge in [0.2, 0.25) is 0 Å². The molecule has 0 spiro atoms. The Morgan fingerprint density at radius 3 is 0.706 bits per heavy atom. The second-order valence-electron chi connectivity index (χ2n) is 11.9. The summed E-state index contributed by atoms with van der Waals surface area (Å²) in [6.45, 7) is 14.3.